The number of halogens is 3. The van der Waals surface area contributed by atoms with Crippen LogP contribution in [-0.2, 0) is 0 Å². The zero-order valence-corrected chi connectivity index (χ0v) is 8.93. The first-order chi connectivity index (χ1) is 7.18. The average Bonchev–Trinajstić information content (AvgIpc) is 2.20. The Bertz CT molecular complexity index is 465. The molecule has 1 heterocycles. The summed E-state index contributed by atoms with van der Waals surface area (Å²) in [5.74, 6) is -0.409. The summed E-state index contributed by atoms with van der Waals surface area (Å²) in [6.45, 7) is 0. The van der Waals surface area contributed by atoms with Gasteiger partial charge in [-0.2, -0.15) is 0 Å². The predicted molar refractivity (Wildman–Crippen MR) is 57.4 cm³/mol. The Morgan fingerprint density at radius 3 is 2.33 bits per heavy atom. The standard InChI is InChI=1S/C10H5Cl2FN2/c11-7-2-1-3-8(13)9(7)6-4-14-10(12)15-5-6/h1-5H. The van der Waals surface area contributed by atoms with Crippen molar-refractivity contribution in [1.82, 2.24) is 9.97 Å². The minimum atomic E-state index is -0.409. The Morgan fingerprint density at radius 2 is 1.73 bits per heavy atom. The highest BCUT2D eigenvalue weighted by molar-refractivity contribution is 6.33. The van der Waals surface area contributed by atoms with E-state index < -0.39 is 5.82 Å². The number of hydrogen-bond donors (Lipinski definition) is 0. The fraction of sp³-hybridized carbons (Fsp3) is 0. The minimum Gasteiger partial charge on any atom is -0.226 e. The van der Waals surface area contributed by atoms with E-state index in [9.17, 15) is 4.39 Å². The molecule has 0 atom stereocenters. The molecule has 2 nitrogen and oxygen atoms in total. The Labute approximate surface area is 95.7 Å². The van der Waals surface area contributed by atoms with Crippen molar-refractivity contribution in [3.05, 3.63) is 46.7 Å². The van der Waals surface area contributed by atoms with Gasteiger partial charge in [-0.05, 0) is 23.7 Å². The Balaban J connectivity index is 2.58. The second kappa shape index (κ2) is 4.13. The molecule has 0 aliphatic heterocycles. The second-order valence-electron chi connectivity index (χ2n) is 2.84. The molecule has 1 aromatic heterocycles. The van der Waals surface area contributed by atoms with E-state index in [2.05, 4.69) is 9.97 Å². The normalized spacial score (nSPS) is 10.3. The van der Waals surface area contributed by atoms with Crippen molar-refractivity contribution >= 4 is 23.2 Å². The van der Waals surface area contributed by atoms with Crippen molar-refractivity contribution in [1.29, 1.82) is 0 Å². The van der Waals surface area contributed by atoms with Crippen LogP contribution in [0.1, 0.15) is 0 Å². The second-order valence-corrected chi connectivity index (χ2v) is 3.58. The smallest absolute Gasteiger partial charge is 0.222 e. The number of benzene rings is 1. The van der Waals surface area contributed by atoms with Gasteiger partial charge in [-0.3, -0.25) is 0 Å². The first-order valence-electron chi connectivity index (χ1n) is 4.10. The molecule has 15 heavy (non-hydrogen) atoms. The number of rotatable bonds is 1. The van der Waals surface area contributed by atoms with Crippen LogP contribution in [0.15, 0.2) is 30.6 Å². The lowest BCUT2D eigenvalue weighted by atomic mass is 10.1. The van der Waals surface area contributed by atoms with Crippen molar-refractivity contribution in [3.8, 4) is 11.1 Å². The molecule has 0 N–H and O–H groups in total. The summed E-state index contributed by atoms with van der Waals surface area (Å²) in [5, 5.41) is 0.437. The van der Waals surface area contributed by atoms with E-state index in [-0.39, 0.29) is 10.8 Å². The van der Waals surface area contributed by atoms with Gasteiger partial charge in [0.2, 0.25) is 5.28 Å². The van der Waals surface area contributed by atoms with Crippen LogP contribution in [0.4, 0.5) is 4.39 Å². The summed E-state index contributed by atoms with van der Waals surface area (Å²) in [6.07, 6.45) is 2.86. The van der Waals surface area contributed by atoms with E-state index in [0.717, 1.165) is 0 Å². The molecular weight excluding hydrogens is 238 g/mol. The molecule has 1 aromatic carbocycles. The van der Waals surface area contributed by atoms with Crippen LogP contribution in [0.5, 0.6) is 0 Å². The van der Waals surface area contributed by atoms with Gasteiger partial charge >= 0.3 is 0 Å². The van der Waals surface area contributed by atoms with Crippen LogP contribution in [0.3, 0.4) is 0 Å². The quantitative estimate of drug-likeness (QED) is 0.715. The molecule has 0 saturated carbocycles. The van der Waals surface area contributed by atoms with Crippen LogP contribution in [0.25, 0.3) is 11.1 Å². The van der Waals surface area contributed by atoms with Gasteiger partial charge in [0.1, 0.15) is 5.82 Å². The SMILES string of the molecule is Fc1cccc(Cl)c1-c1cnc(Cl)nc1. The molecule has 0 amide bonds. The molecule has 5 heteroatoms. The summed E-state index contributed by atoms with van der Waals surface area (Å²) in [4.78, 5) is 7.53. The van der Waals surface area contributed by atoms with Crippen molar-refractivity contribution in [2.75, 3.05) is 0 Å². The van der Waals surface area contributed by atoms with Crippen LogP contribution in [-0.4, -0.2) is 9.97 Å². The lowest BCUT2D eigenvalue weighted by Crippen LogP contribution is -1.89. The fourth-order valence-corrected chi connectivity index (χ4v) is 1.58. The Morgan fingerprint density at radius 1 is 1.07 bits per heavy atom. The molecule has 76 valence electrons. The van der Waals surface area contributed by atoms with Gasteiger partial charge < -0.3 is 0 Å². The highest BCUT2D eigenvalue weighted by Gasteiger charge is 2.09. The first-order valence-corrected chi connectivity index (χ1v) is 4.86. The van der Waals surface area contributed by atoms with Gasteiger partial charge in [0.05, 0.1) is 5.02 Å². The van der Waals surface area contributed by atoms with Gasteiger partial charge in [0.25, 0.3) is 0 Å². The third-order valence-electron chi connectivity index (χ3n) is 1.87. The molecule has 0 bridgehead atoms. The molecular formula is C10H5Cl2FN2. The highest BCUT2D eigenvalue weighted by atomic mass is 35.5. The summed E-state index contributed by atoms with van der Waals surface area (Å²) >= 11 is 11.4. The van der Waals surface area contributed by atoms with E-state index in [1.54, 1.807) is 6.07 Å². The van der Waals surface area contributed by atoms with Gasteiger partial charge in [0.15, 0.2) is 0 Å². The summed E-state index contributed by atoms with van der Waals surface area (Å²) in [7, 11) is 0. The van der Waals surface area contributed by atoms with E-state index >= 15 is 0 Å². The zero-order chi connectivity index (χ0) is 10.8. The zero-order valence-electron chi connectivity index (χ0n) is 7.42. The summed E-state index contributed by atoms with van der Waals surface area (Å²) < 4.78 is 13.5. The third-order valence-corrected chi connectivity index (χ3v) is 2.38. The van der Waals surface area contributed by atoms with E-state index in [1.165, 1.54) is 24.5 Å². The van der Waals surface area contributed by atoms with Gasteiger partial charge in [0, 0.05) is 23.5 Å². The minimum absolute atomic E-state index is 0.117. The number of aromatic nitrogens is 2. The summed E-state index contributed by atoms with van der Waals surface area (Å²) in [5.41, 5.74) is 0.790. The Kier molecular flexibility index (Phi) is 2.84. The van der Waals surface area contributed by atoms with Crippen molar-refractivity contribution < 1.29 is 4.39 Å². The molecule has 0 aliphatic rings. The summed E-state index contributed by atoms with van der Waals surface area (Å²) in [6, 6.07) is 4.47. The maximum Gasteiger partial charge on any atom is 0.222 e. The molecule has 0 aliphatic carbocycles. The molecule has 0 radical (unpaired) electrons. The Hall–Kier alpha value is -1.19. The van der Waals surface area contributed by atoms with E-state index in [0.29, 0.717) is 10.6 Å². The van der Waals surface area contributed by atoms with Crippen LogP contribution >= 0.6 is 23.2 Å². The molecule has 0 fully saturated rings. The maximum absolute atomic E-state index is 13.5. The lowest BCUT2D eigenvalue weighted by molar-refractivity contribution is 0.631. The monoisotopic (exact) mass is 242 g/mol. The topological polar surface area (TPSA) is 25.8 Å². The van der Waals surface area contributed by atoms with Crippen LogP contribution < -0.4 is 0 Å². The van der Waals surface area contributed by atoms with Gasteiger partial charge in [-0.25, -0.2) is 14.4 Å². The van der Waals surface area contributed by atoms with Gasteiger partial charge in [-0.15, -0.1) is 0 Å². The lowest BCUT2D eigenvalue weighted by Gasteiger charge is -2.04. The van der Waals surface area contributed by atoms with Crippen LogP contribution in [0, 0.1) is 5.82 Å². The predicted octanol–water partition coefficient (Wildman–Crippen LogP) is 3.59. The molecule has 0 saturated heterocycles. The van der Waals surface area contributed by atoms with E-state index in [4.69, 9.17) is 23.2 Å². The molecule has 2 rings (SSSR count). The number of nitrogens with zero attached hydrogens (tertiary/aromatic N) is 2. The fourth-order valence-electron chi connectivity index (χ4n) is 1.21. The van der Waals surface area contributed by atoms with E-state index in [1.807, 2.05) is 0 Å². The number of hydrogen-bond acceptors (Lipinski definition) is 2. The molecule has 0 unspecified atom stereocenters. The molecule has 0 spiro atoms. The maximum atomic E-state index is 13.5. The van der Waals surface area contributed by atoms with Crippen molar-refractivity contribution in [3.63, 3.8) is 0 Å². The average molecular weight is 243 g/mol. The largest absolute Gasteiger partial charge is 0.226 e. The molecule has 2 aromatic rings. The van der Waals surface area contributed by atoms with Crippen molar-refractivity contribution in [2.24, 2.45) is 0 Å². The van der Waals surface area contributed by atoms with Crippen molar-refractivity contribution in [2.45, 2.75) is 0 Å². The first kappa shape index (κ1) is 10.3. The third kappa shape index (κ3) is 2.08. The van der Waals surface area contributed by atoms with Crippen LogP contribution in [0.2, 0.25) is 10.3 Å². The highest BCUT2D eigenvalue weighted by Crippen LogP contribution is 2.29. The van der Waals surface area contributed by atoms with Gasteiger partial charge in [-0.1, -0.05) is 17.7 Å².